The maximum Gasteiger partial charge on any atom is 0.136 e. The molecule has 1 atom stereocenters. The first-order valence-corrected chi connectivity index (χ1v) is 6.67. The van der Waals surface area contributed by atoms with Crippen LogP contribution in [0.25, 0.3) is 10.8 Å². The average molecular weight is 258 g/mol. The van der Waals surface area contributed by atoms with Gasteiger partial charge in [-0.15, -0.1) is 0 Å². The topological polar surface area (TPSA) is 56.6 Å². The van der Waals surface area contributed by atoms with Crippen molar-refractivity contribution >= 4 is 16.6 Å². The molecule has 19 heavy (non-hydrogen) atoms. The van der Waals surface area contributed by atoms with E-state index in [0.29, 0.717) is 11.6 Å². The van der Waals surface area contributed by atoms with Crippen molar-refractivity contribution in [2.75, 3.05) is 24.6 Å². The number of pyridine rings is 1. The van der Waals surface area contributed by atoms with Crippen molar-refractivity contribution in [3.8, 4) is 0 Å². The van der Waals surface area contributed by atoms with E-state index in [1.807, 2.05) is 24.3 Å². The van der Waals surface area contributed by atoms with E-state index in [1.54, 1.807) is 0 Å². The molecule has 0 radical (unpaired) electrons. The quantitative estimate of drug-likeness (QED) is 0.877. The predicted octanol–water partition coefficient (Wildman–Crippen LogP) is 1.55. The number of aliphatic hydroxyl groups excluding tert-OH is 2. The summed E-state index contributed by atoms with van der Waals surface area (Å²) in [6.07, 6.45) is 0.996. The van der Waals surface area contributed by atoms with E-state index < -0.39 is 0 Å². The molecule has 2 heterocycles. The zero-order valence-electron chi connectivity index (χ0n) is 10.8. The molecule has 1 aliphatic heterocycles. The average Bonchev–Trinajstić information content (AvgIpc) is 2.94. The van der Waals surface area contributed by atoms with Gasteiger partial charge in [0.25, 0.3) is 0 Å². The number of rotatable bonds is 3. The van der Waals surface area contributed by atoms with E-state index in [-0.39, 0.29) is 13.2 Å². The second-order valence-electron chi connectivity index (χ2n) is 5.10. The van der Waals surface area contributed by atoms with Crippen LogP contribution in [0.1, 0.15) is 12.1 Å². The van der Waals surface area contributed by atoms with E-state index in [4.69, 9.17) is 0 Å². The minimum atomic E-state index is -0.0465. The zero-order chi connectivity index (χ0) is 13.2. The zero-order valence-corrected chi connectivity index (χ0v) is 10.8. The number of aromatic nitrogens is 1. The first-order valence-electron chi connectivity index (χ1n) is 6.67. The van der Waals surface area contributed by atoms with Gasteiger partial charge in [0.1, 0.15) is 5.82 Å². The molecule has 100 valence electrons. The molecule has 4 heteroatoms. The second-order valence-corrected chi connectivity index (χ2v) is 5.10. The molecule has 1 unspecified atom stereocenters. The Morgan fingerprint density at radius 2 is 2.11 bits per heavy atom. The van der Waals surface area contributed by atoms with Crippen LogP contribution >= 0.6 is 0 Å². The summed E-state index contributed by atoms with van der Waals surface area (Å²) < 4.78 is 0. The van der Waals surface area contributed by atoms with Crippen molar-refractivity contribution in [3.63, 3.8) is 0 Å². The van der Waals surface area contributed by atoms with E-state index in [0.717, 1.165) is 36.1 Å². The summed E-state index contributed by atoms with van der Waals surface area (Å²) >= 11 is 0. The van der Waals surface area contributed by atoms with Crippen molar-refractivity contribution in [3.05, 3.63) is 36.0 Å². The van der Waals surface area contributed by atoms with Gasteiger partial charge in [-0.3, -0.25) is 0 Å². The summed E-state index contributed by atoms with van der Waals surface area (Å²) in [7, 11) is 0. The van der Waals surface area contributed by atoms with Gasteiger partial charge >= 0.3 is 0 Å². The Morgan fingerprint density at radius 3 is 2.84 bits per heavy atom. The fourth-order valence-corrected chi connectivity index (χ4v) is 2.73. The SMILES string of the molecule is OCc1cc2ccccc2c(N2CCC(CO)C2)n1. The van der Waals surface area contributed by atoms with Crippen molar-refractivity contribution in [1.82, 2.24) is 4.98 Å². The largest absolute Gasteiger partial charge is 0.396 e. The fraction of sp³-hybridized carbons (Fsp3) is 0.400. The van der Waals surface area contributed by atoms with Gasteiger partial charge in [-0.25, -0.2) is 4.98 Å². The molecule has 0 saturated carbocycles. The number of benzene rings is 1. The van der Waals surface area contributed by atoms with Crippen molar-refractivity contribution in [2.45, 2.75) is 13.0 Å². The summed E-state index contributed by atoms with van der Waals surface area (Å²) in [5.41, 5.74) is 0.696. The van der Waals surface area contributed by atoms with E-state index in [1.165, 1.54) is 0 Å². The monoisotopic (exact) mass is 258 g/mol. The molecular formula is C15H18N2O2. The highest BCUT2D eigenvalue weighted by Crippen LogP contribution is 2.29. The first-order chi connectivity index (χ1) is 9.31. The van der Waals surface area contributed by atoms with Crippen LogP contribution in [0.5, 0.6) is 0 Å². The van der Waals surface area contributed by atoms with E-state index >= 15 is 0 Å². The van der Waals surface area contributed by atoms with Gasteiger partial charge in [0.05, 0.1) is 12.3 Å². The van der Waals surface area contributed by atoms with Crippen molar-refractivity contribution in [2.24, 2.45) is 5.92 Å². The van der Waals surface area contributed by atoms with E-state index in [2.05, 4.69) is 16.0 Å². The Morgan fingerprint density at radius 1 is 1.26 bits per heavy atom. The summed E-state index contributed by atoms with van der Waals surface area (Å²) in [5, 5.41) is 20.8. The number of hydrogen-bond donors (Lipinski definition) is 2. The number of aliphatic hydroxyl groups is 2. The lowest BCUT2D eigenvalue weighted by Gasteiger charge is -2.20. The highest BCUT2D eigenvalue weighted by molar-refractivity contribution is 5.92. The number of anilines is 1. The Balaban J connectivity index is 2.06. The Hall–Kier alpha value is -1.65. The Labute approximate surface area is 112 Å². The van der Waals surface area contributed by atoms with Gasteiger partial charge in [-0.05, 0) is 17.9 Å². The fourth-order valence-electron chi connectivity index (χ4n) is 2.73. The highest BCUT2D eigenvalue weighted by Gasteiger charge is 2.24. The molecule has 0 aliphatic carbocycles. The van der Waals surface area contributed by atoms with Gasteiger partial charge in [-0.2, -0.15) is 0 Å². The lowest BCUT2D eigenvalue weighted by atomic mass is 10.1. The highest BCUT2D eigenvalue weighted by atomic mass is 16.3. The van der Waals surface area contributed by atoms with Gasteiger partial charge in [0, 0.05) is 31.0 Å². The van der Waals surface area contributed by atoms with Crippen LogP contribution in [0.15, 0.2) is 30.3 Å². The molecule has 3 rings (SSSR count). The molecule has 1 saturated heterocycles. The number of nitrogens with zero attached hydrogens (tertiary/aromatic N) is 2. The lowest BCUT2D eigenvalue weighted by molar-refractivity contribution is 0.238. The van der Waals surface area contributed by atoms with Crippen LogP contribution in [0.2, 0.25) is 0 Å². The maximum absolute atomic E-state index is 9.34. The molecule has 0 bridgehead atoms. The third-order valence-electron chi connectivity index (χ3n) is 3.78. The molecular weight excluding hydrogens is 240 g/mol. The summed E-state index contributed by atoms with van der Waals surface area (Å²) in [6.45, 7) is 1.93. The van der Waals surface area contributed by atoms with Crippen LogP contribution in [-0.4, -0.2) is 34.9 Å². The van der Waals surface area contributed by atoms with E-state index in [9.17, 15) is 10.2 Å². The summed E-state index contributed by atoms with van der Waals surface area (Å²) in [5.74, 6) is 1.26. The van der Waals surface area contributed by atoms with Gasteiger partial charge in [-0.1, -0.05) is 24.3 Å². The van der Waals surface area contributed by atoms with Crippen molar-refractivity contribution < 1.29 is 10.2 Å². The van der Waals surface area contributed by atoms with Gasteiger partial charge < -0.3 is 15.1 Å². The third kappa shape index (κ3) is 2.29. The minimum Gasteiger partial charge on any atom is -0.396 e. The number of hydrogen-bond acceptors (Lipinski definition) is 4. The van der Waals surface area contributed by atoms with Gasteiger partial charge in [0.2, 0.25) is 0 Å². The maximum atomic E-state index is 9.34. The molecule has 4 nitrogen and oxygen atoms in total. The second kappa shape index (κ2) is 5.15. The third-order valence-corrected chi connectivity index (χ3v) is 3.78. The van der Waals surface area contributed by atoms with Crippen LogP contribution in [0.3, 0.4) is 0 Å². The molecule has 1 fully saturated rings. The van der Waals surface area contributed by atoms with Crippen molar-refractivity contribution in [1.29, 1.82) is 0 Å². The Bertz CT molecular complexity index is 585. The van der Waals surface area contributed by atoms with Crippen LogP contribution < -0.4 is 4.90 Å². The molecule has 2 aromatic rings. The van der Waals surface area contributed by atoms with Crippen LogP contribution in [-0.2, 0) is 6.61 Å². The molecule has 1 aromatic heterocycles. The first kappa shape index (κ1) is 12.4. The normalized spacial score (nSPS) is 19.3. The summed E-state index contributed by atoms with van der Waals surface area (Å²) in [6, 6.07) is 10.0. The number of fused-ring (bicyclic) bond motifs is 1. The van der Waals surface area contributed by atoms with Crippen LogP contribution in [0.4, 0.5) is 5.82 Å². The lowest BCUT2D eigenvalue weighted by Crippen LogP contribution is -2.22. The summed E-state index contributed by atoms with van der Waals surface area (Å²) in [4.78, 5) is 6.78. The Kier molecular flexibility index (Phi) is 3.36. The molecule has 0 amide bonds. The molecule has 0 spiro atoms. The molecule has 2 N–H and O–H groups in total. The minimum absolute atomic E-state index is 0.0465. The predicted molar refractivity (Wildman–Crippen MR) is 75.1 cm³/mol. The standard InChI is InChI=1S/C15H18N2O2/c18-9-11-5-6-17(8-11)15-14-4-2-1-3-12(14)7-13(10-19)16-15/h1-4,7,11,18-19H,5-6,8-10H2. The molecule has 1 aliphatic rings. The van der Waals surface area contributed by atoms with Crippen LogP contribution in [0, 0.1) is 5.92 Å². The smallest absolute Gasteiger partial charge is 0.136 e. The van der Waals surface area contributed by atoms with Gasteiger partial charge in [0.15, 0.2) is 0 Å². The molecule has 1 aromatic carbocycles.